The minimum atomic E-state index is -0.0262. The molecule has 1 N–H and O–H groups in total. The Labute approximate surface area is 181 Å². The monoisotopic (exact) mass is 421 g/mol. The number of ether oxygens (including phenoxy) is 2. The molecule has 5 rings (SSSR count). The number of amides is 1. The average molecular weight is 422 g/mol. The lowest BCUT2D eigenvalue weighted by Crippen LogP contribution is -2.49. The minimum Gasteiger partial charge on any atom is -0.454 e. The zero-order valence-corrected chi connectivity index (χ0v) is 17.9. The summed E-state index contributed by atoms with van der Waals surface area (Å²) in [7, 11) is 0. The summed E-state index contributed by atoms with van der Waals surface area (Å²) in [4.78, 5) is 21.9. The van der Waals surface area contributed by atoms with Crippen LogP contribution in [0.4, 0.5) is 11.6 Å². The molecule has 0 spiro atoms. The van der Waals surface area contributed by atoms with Gasteiger partial charge in [-0.1, -0.05) is 12.1 Å². The van der Waals surface area contributed by atoms with E-state index in [1.807, 2.05) is 18.2 Å². The Morgan fingerprint density at radius 2 is 1.84 bits per heavy atom. The van der Waals surface area contributed by atoms with Crippen molar-refractivity contribution in [3.63, 3.8) is 0 Å². The molecule has 8 nitrogen and oxygen atoms in total. The number of aromatic nitrogens is 2. The zero-order valence-electron chi connectivity index (χ0n) is 17.9. The van der Waals surface area contributed by atoms with Crippen LogP contribution in [0.2, 0.25) is 0 Å². The molecule has 162 valence electrons. The fraction of sp³-hybridized carbons (Fsp3) is 0.391. The number of nitrogens with one attached hydrogen (secondary N) is 1. The molecule has 0 aliphatic carbocycles. The summed E-state index contributed by atoms with van der Waals surface area (Å²) in [6.07, 6.45) is 0. The Morgan fingerprint density at radius 1 is 1.06 bits per heavy atom. The average Bonchev–Trinajstić information content (AvgIpc) is 3.38. The van der Waals surface area contributed by atoms with Crippen LogP contribution >= 0.6 is 0 Å². The molecule has 2 aromatic carbocycles. The van der Waals surface area contributed by atoms with Gasteiger partial charge in [-0.05, 0) is 38.1 Å². The lowest BCUT2D eigenvalue weighted by molar-refractivity contribution is -0.117. The number of hydrogen-bond acceptors (Lipinski definition) is 6. The number of anilines is 2. The molecular formula is C23H27N5O3. The number of benzene rings is 2. The molecule has 1 aromatic heterocycles. The maximum absolute atomic E-state index is 12.5. The van der Waals surface area contributed by atoms with Crippen molar-refractivity contribution in [2.45, 2.75) is 19.9 Å². The molecular weight excluding hydrogens is 394 g/mol. The van der Waals surface area contributed by atoms with E-state index in [0.717, 1.165) is 48.8 Å². The second-order valence-corrected chi connectivity index (χ2v) is 8.24. The van der Waals surface area contributed by atoms with E-state index in [4.69, 9.17) is 14.5 Å². The fourth-order valence-corrected chi connectivity index (χ4v) is 4.25. The Morgan fingerprint density at radius 3 is 2.65 bits per heavy atom. The van der Waals surface area contributed by atoms with Crippen LogP contribution in [0.25, 0.3) is 11.0 Å². The Bertz CT molecular complexity index is 1100. The van der Waals surface area contributed by atoms with Crippen molar-refractivity contribution in [2.24, 2.45) is 0 Å². The number of carbonyl (C=O) groups is 1. The van der Waals surface area contributed by atoms with E-state index < -0.39 is 0 Å². The lowest BCUT2D eigenvalue weighted by Gasteiger charge is -2.35. The highest BCUT2D eigenvalue weighted by molar-refractivity contribution is 5.92. The molecule has 1 fully saturated rings. The highest BCUT2D eigenvalue weighted by Crippen LogP contribution is 2.34. The molecule has 31 heavy (non-hydrogen) atoms. The normalized spacial score (nSPS) is 16.3. The highest BCUT2D eigenvalue weighted by atomic mass is 16.7. The second kappa shape index (κ2) is 8.11. The third kappa shape index (κ3) is 3.90. The van der Waals surface area contributed by atoms with Gasteiger partial charge in [-0.25, -0.2) is 4.98 Å². The van der Waals surface area contributed by atoms with Crippen molar-refractivity contribution in [1.82, 2.24) is 14.5 Å². The van der Waals surface area contributed by atoms with Crippen LogP contribution < -0.4 is 19.7 Å². The van der Waals surface area contributed by atoms with Crippen molar-refractivity contribution in [3.8, 4) is 11.5 Å². The molecule has 1 amide bonds. The van der Waals surface area contributed by atoms with Crippen LogP contribution in [-0.2, 0) is 4.79 Å². The van der Waals surface area contributed by atoms with E-state index in [0.29, 0.717) is 24.1 Å². The van der Waals surface area contributed by atoms with Gasteiger partial charge < -0.3 is 24.3 Å². The van der Waals surface area contributed by atoms with Crippen LogP contribution in [0.1, 0.15) is 19.9 Å². The van der Waals surface area contributed by atoms with Crippen molar-refractivity contribution in [1.29, 1.82) is 0 Å². The number of fused-ring (bicyclic) bond motifs is 2. The van der Waals surface area contributed by atoms with Gasteiger partial charge in [-0.15, -0.1) is 0 Å². The molecule has 0 atom stereocenters. The fourth-order valence-electron chi connectivity index (χ4n) is 4.25. The third-order valence-corrected chi connectivity index (χ3v) is 5.77. The number of rotatable bonds is 5. The standard InChI is InChI=1S/C23H27N5O3/c1-16(2)28-19-6-4-3-5-18(19)25-23(28)27-11-9-26(10-12-27)14-22(29)24-17-7-8-20-21(13-17)31-15-30-20/h3-8,13,16H,9-12,14-15H2,1-2H3,(H,24,29). The van der Waals surface area contributed by atoms with Crippen molar-refractivity contribution in [2.75, 3.05) is 49.7 Å². The van der Waals surface area contributed by atoms with E-state index in [9.17, 15) is 4.79 Å². The first-order valence-corrected chi connectivity index (χ1v) is 10.7. The number of carbonyl (C=O) groups excluding carboxylic acids is 1. The molecule has 0 saturated carbocycles. The van der Waals surface area contributed by atoms with Gasteiger partial charge in [-0.3, -0.25) is 9.69 Å². The zero-order chi connectivity index (χ0) is 21.4. The van der Waals surface area contributed by atoms with E-state index in [1.54, 1.807) is 6.07 Å². The Kier molecular flexibility index (Phi) is 5.15. The molecule has 8 heteroatoms. The SMILES string of the molecule is CC(C)n1c(N2CCN(CC(=O)Nc3ccc4c(c3)OCO4)CC2)nc2ccccc21. The number of hydrogen-bond donors (Lipinski definition) is 1. The summed E-state index contributed by atoms with van der Waals surface area (Å²) < 4.78 is 13.0. The van der Waals surface area contributed by atoms with E-state index in [2.05, 4.69) is 51.7 Å². The van der Waals surface area contributed by atoms with Gasteiger partial charge in [0.15, 0.2) is 11.5 Å². The van der Waals surface area contributed by atoms with Gasteiger partial charge in [0.1, 0.15) is 0 Å². The molecule has 3 aromatic rings. The molecule has 3 heterocycles. The largest absolute Gasteiger partial charge is 0.454 e. The number of imidazole rings is 1. The predicted octanol–water partition coefficient (Wildman–Crippen LogP) is 3.11. The highest BCUT2D eigenvalue weighted by Gasteiger charge is 2.24. The van der Waals surface area contributed by atoms with Gasteiger partial charge in [0.25, 0.3) is 0 Å². The maximum Gasteiger partial charge on any atom is 0.238 e. The molecule has 2 aliphatic heterocycles. The van der Waals surface area contributed by atoms with Gasteiger partial charge in [0.05, 0.1) is 17.6 Å². The number of piperazine rings is 1. The molecule has 0 bridgehead atoms. The molecule has 1 saturated heterocycles. The quantitative estimate of drug-likeness (QED) is 0.683. The summed E-state index contributed by atoms with van der Waals surface area (Å²) in [5.41, 5.74) is 2.91. The second-order valence-electron chi connectivity index (χ2n) is 8.24. The Hall–Kier alpha value is -3.26. The number of nitrogens with zero attached hydrogens (tertiary/aromatic N) is 4. The first-order valence-electron chi connectivity index (χ1n) is 10.7. The topological polar surface area (TPSA) is 71.9 Å². The third-order valence-electron chi connectivity index (χ3n) is 5.77. The van der Waals surface area contributed by atoms with Crippen molar-refractivity contribution >= 4 is 28.6 Å². The van der Waals surface area contributed by atoms with Gasteiger partial charge in [0.2, 0.25) is 18.6 Å². The molecule has 0 unspecified atom stereocenters. The summed E-state index contributed by atoms with van der Waals surface area (Å²) in [6.45, 7) is 8.28. The number of para-hydroxylation sites is 2. The maximum atomic E-state index is 12.5. The van der Waals surface area contributed by atoms with Gasteiger partial charge >= 0.3 is 0 Å². The van der Waals surface area contributed by atoms with Crippen molar-refractivity contribution in [3.05, 3.63) is 42.5 Å². The summed E-state index contributed by atoms with van der Waals surface area (Å²) in [5, 5.41) is 2.96. The lowest BCUT2D eigenvalue weighted by atomic mass is 10.2. The summed E-state index contributed by atoms with van der Waals surface area (Å²) in [5.74, 6) is 2.36. The van der Waals surface area contributed by atoms with E-state index in [1.165, 1.54) is 0 Å². The minimum absolute atomic E-state index is 0.0262. The van der Waals surface area contributed by atoms with E-state index in [-0.39, 0.29) is 12.7 Å². The Balaban J connectivity index is 1.20. The van der Waals surface area contributed by atoms with Crippen LogP contribution in [0.3, 0.4) is 0 Å². The molecule has 0 radical (unpaired) electrons. The van der Waals surface area contributed by atoms with Crippen LogP contribution in [0.5, 0.6) is 11.5 Å². The predicted molar refractivity (Wildman–Crippen MR) is 120 cm³/mol. The smallest absolute Gasteiger partial charge is 0.238 e. The first-order chi connectivity index (χ1) is 15.1. The van der Waals surface area contributed by atoms with E-state index >= 15 is 0 Å². The summed E-state index contributed by atoms with van der Waals surface area (Å²) >= 11 is 0. The van der Waals surface area contributed by atoms with Gasteiger partial charge in [0, 0.05) is 44.0 Å². The van der Waals surface area contributed by atoms with Crippen LogP contribution in [0, 0.1) is 0 Å². The summed E-state index contributed by atoms with van der Waals surface area (Å²) in [6, 6.07) is 14.1. The van der Waals surface area contributed by atoms with Crippen LogP contribution in [0.15, 0.2) is 42.5 Å². The van der Waals surface area contributed by atoms with Gasteiger partial charge in [-0.2, -0.15) is 0 Å². The first kappa shape index (κ1) is 19.7. The van der Waals surface area contributed by atoms with Crippen LogP contribution in [-0.4, -0.2) is 59.9 Å². The molecule has 2 aliphatic rings. The van der Waals surface area contributed by atoms with Crippen molar-refractivity contribution < 1.29 is 14.3 Å².